The van der Waals surface area contributed by atoms with Crippen molar-refractivity contribution in [2.75, 3.05) is 7.05 Å². The molecule has 1 unspecified atom stereocenters. The molecule has 2 rings (SSSR count). The van der Waals surface area contributed by atoms with E-state index < -0.39 is 12.0 Å². The number of nitrogens with zero attached hydrogens (tertiary/aromatic N) is 3. The van der Waals surface area contributed by atoms with Crippen molar-refractivity contribution in [3.05, 3.63) is 23.8 Å². The summed E-state index contributed by atoms with van der Waals surface area (Å²) in [5, 5.41) is 9.32. The molecule has 0 saturated carbocycles. The van der Waals surface area contributed by atoms with Crippen LogP contribution < -0.4 is 0 Å². The summed E-state index contributed by atoms with van der Waals surface area (Å²) >= 11 is 1.20. The number of hydrogen-bond donors (Lipinski definition) is 1. The Balaban J connectivity index is 2.07. The predicted molar refractivity (Wildman–Crippen MR) is 79.8 cm³/mol. The molecule has 0 amide bonds. The second-order valence-electron chi connectivity index (χ2n) is 5.00. The lowest BCUT2D eigenvalue weighted by Gasteiger charge is -2.24. The molecule has 0 fully saturated rings. The molecule has 108 valence electrons. The van der Waals surface area contributed by atoms with E-state index in [4.69, 9.17) is 0 Å². The fraction of sp³-hybridized carbons (Fsp3) is 0.500. The quantitative estimate of drug-likeness (QED) is 0.850. The van der Waals surface area contributed by atoms with Crippen molar-refractivity contribution < 1.29 is 9.90 Å². The second-order valence-corrected chi connectivity index (χ2v) is 5.53. The number of hydrogen-bond acceptors (Lipinski definition) is 5. The van der Waals surface area contributed by atoms with Gasteiger partial charge in [0.2, 0.25) is 0 Å². The number of likely N-dealkylation sites (N-methyl/N-ethyl adjacent to an activating group) is 1. The number of carboxylic acid groups (broad SMARTS) is 1. The summed E-state index contributed by atoms with van der Waals surface area (Å²) in [6.45, 7) is 2.68. The molecular formula is C14H19N3O2S. The van der Waals surface area contributed by atoms with Crippen LogP contribution in [0.4, 0.5) is 0 Å². The van der Waals surface area contributed by atoms with Gasteiger partial charge in [0, 0.05) is 6.54 Å². The van der Waals surface area contributed by atoms with Crippen molar-refractivity contribution in [3.63, 3.8) is 0 Å². The summed E-state index contributed by atoms with van der Waals surface area (Å²) in [6.07, 6.45) is 2.62. The Morgan fingerprint density at radius 3 is 2.85 bits per heavy atom. The number of carboxylic acids is 1. The van der Waals surface area contributed by atoms with E-state index in [9.17, 15) is 9.90 Å². The summed E-state index contributed by atoms with van der Waals surface area (Å²) in [7, 11) is 1.86. The Kier molecular flexibility index (Phi) is 5.03. The van der Waals surface area contributed by atoms with Crippen molar-refractivity contribution in [2.45, 2.75) is 38.8 Å². The first-order valence-corrected chi connectivity index (χ1v) is 7.49. The van der Waals surface area contributed by atoms with Crippen molar-refractivity contribution >= 4 is 28.7 Å². The smallest absolute Gasteiger partial charge is 0.320 e. The van der Waals surface area contributed by atoms with Crippen molar-refractivity contribution in [1.82, 2.24) is 13.6 Å². The number of unbranched alkanes of at least 4 members (excludes halogenated alkanes) is 1. The Morgan fingerprint density at radius 2 is 2.15 bits per heavy atom. The van der Waals surface area contributed by atoms with E-state index in [2.05, 4.69) is 15.7 Å². The monoisotopic (exact) mass is 293 g/mol. The summed E-state index contributed by atoms with van der Waals surface area (Å²) < 4.78 is 8.38. The first-order valence-electron chi connectivity index (χ1n) is 6.76. The summed E-state index contributed by atoms with van der Waals surface area (Å²) in [5.74, 6) is -0.752. The Hall–Kier alpha value is -1.53. The highest BCUT2D eigenvalue weighted by Crippen LogP contribution is 2.17. The van der Waals surface area contributed by atoms with Gasteiger partial charge < -0.3 is 5.11 Å². The van der Waals surface area contributed by atoms with Gasteiger partial charge in [-0.25, -0.2) is 0 Å². The maximum absolute atomic E-state index is 11.3. The minimum absolute atomic E-state index is 0.431. The van der Waals surface area contributed by atoms with Gasteiger partial charge in [0.05, 0.1) is 11.7 Å². The fourth-order valence-electron chi connectivity index (χ4n) is 2.25. The molecule has 0 saturated heterocycles. The number of carbonyl (C=O) groups is 1. The molecule has 1 N–H and O–H groups in total. The number of aliphatic carboxylic acids is 1. The lowest BCUT2D eigenvalue weighted by atomic mass is 10.1. The van der Waals surface area contributed by atoms with E-state index in [-0.39, 0.29) is 0 Å². The molecule has 0 aliphatic rings. The summed E-state index contributed by atoms with van der Waals surface area (Å²) in [5.41, 5.74) is 2.83. The van der Waals surface area contributed by atoms with Crippen LogP contribution in [0, 0.1) is 0 Å². The fourth-order valence-corrected chi connectivity index (χ4v) is 2.77. The number of aromatic nitrogens is 2. The second kappa shape index (κ2) is 6.76. The van der Waals surface area contributed by atoms with Crippen LogP contribution in [0.25, 0.3) is 11.0 Å². The van der Waals surface area contributed by atoms with Gasteiger partial charge in [-0.2, -0.15) is 8.75 Å². The maximum atomic E-state index is 11.3. The van der Waals surface area contributed by atoms with E-state index in [1.54, 1.807) is 0 Å². The third-order valence-electron chi connectivity index (χ3n) is 3.40. The molecule has 0 aliphatic heterocycles. The number of benzene rings is 1. The third kappa shape index (κ3) is 3.52. The van der Waals surface area contributed by atoms with Gasteiger partial charge in [0.15, 0.2) is 0 Å². The molecule has 0 spiro atoms. The SMILES string of the molecule is CCCCC(C(=O)O)N(C)Cc1ccc2nsnc2c1. The van der Waals surface area contributed by atoms with Gasteiger partial charge in [-0.3, -0.25) is 9.69 Å². The van der Waals surface area contributed by atoms with E-state index in [1.165, 1.54) is 11.7 Å². The minimum atomic E-state index is -0.752. The van der Waals surface area contributed by atoms with Crippen LogP contribution in [0.3, 0.4) is 0 Å². The molecule has 1 heterocycles. The molecule has 6 heteroatoms. The summed E-state index contributed by atoms with van der Waals surface area (Å²) in [4.78, 5) is 13.2. The topological polar surface area (TPSA) is 66.3 Å². The Labute approximate surface area is 122 Å². The molecular weight excluding hydrogens is 274 g/mol. The van der Waals surface area contributed by atoms with Crippen LogP contribution in [0.15, 0.2) is 18.2 Å². The van der Waals surface area contributed by atoms with Crippen LogP contribution in [0.5, 0.6) is 0 Å². The zero-order valence-corrected chi connectivity index (χ0v) is 12.6. The largest absolute Gasteiger partial charge is 0.480 e. The molecule has 5 nitrogen and oxygen atoms in total. The van der Waals surface area contributed by atoms with E-state index >= 15 is 0 Å². The molecule has 0 aliphatic carbocycles. The maximum Gasteiger partial charge on any atom is 0.320 e. The number of rotatable bonds is 7. The average Bonchev–Trinajstić information content (AvgIpc) is 2.86. The van der Waals surface area contributed by atoms with Gasteiger partial charge >= 0.3 is 5.97 Å². The lowest BCUT2D eigenvalue weighted by molar-refractivity contribution is -0.143. The molecule has 0 radical (unpaired) electrons. The molecule has 1 aromatic heterocycles. The van der Waals surface area contributed by atoms with Gasteiger partial charge in [0.25, 0.3) is 0 Å². The first kappa shape index (κ1) is 14.9. The first-order chi connectivity index (χ1) is 9.61. The van der Waals surface area contributed by atoms with Gasteiger partial charge in [-0.05, 0) is 31.2 Å². The molecule has 2 aromatic rings. The van der Waals surface area contributed by atoms with Crippen LogP contribution >= 0.6 is 11.7 Å². The average molecular weight is 293 g/mol. The van der Waals surface area contributed by atoms with Gasteiger partial charge in [-0.15, -0.1) is 0 Å². The molecule has 20 heavy (non-hydrogen) atoms. The number of fused-ring (bicyclic) bond motifs is 1. The van der Waals surface area contributed by atoms with Crippen molar-refractivity contribution in [2.24, 2.45) is 0 Å². The molecule has 1 atom stereocenters. The van der Waals surface area contributed by atoms with Crippen LogP contribution in [-0.4, -0.2) is 37.8 Å². The lowest BCUT2D eigenvalue weighted by Crippen LogP contribution is -2.37. The zero-order valence-electron chi connectivity index (χ0n) is 11.7. The van der Waals surface area contributed by atoms with Gasteiger partial charge in [0.1, 0.15) is 17.1 Å². The Morgan fingerprint density at radius 1 is 1.40 bits per heavy atom. The summed E-state index contributed by atoms with van der Waals surface area (Å²) in [6, 6.07) is 5.47. The van der Waals surface area contributed by atoms with E-state index in [0.717, 1.165) is 29.4 Å². The van der Waals surface area contributed by atoms with Crippen LogP contribution in [-0.2, 0) is 11.3 Å². The zero-order chi connectivity index (χ0) is 14.5. The van der Waals surface area contributed by atoms with Gasteiger partial charge in [-0.1, -0.05) is 25.8 Å². The minimum Gasteiger partial charge on any atom is -0.480 e. The highest BCUT2D eigenvalue weighted by atomic mass is 32.1. The van der Waals surface area contributed by atoms with Crippen molar-refractivity contribution in [1.29, 1.82) is 0 Å². The highest BCUT2D eigenvalue weighted by molar-refractivity contribution is 7.00. The highest BCUT2D eigenvalue weighted by Gasteiger charge is 2.21. The van der Waals surface area contributed by atoms with Crippen LogP contribution in [0.2, 0.25) is 0 Å². The Bertz CT molecular complexity index is 585. The van der Waals surface area contributed by atoms with Crippen molar-refractivity contribution in [3.8, 4) is 0 Å². The van der Waals surface area contributed by atoms with Crippen LogP contribution in [0.1, 0.15) is 31.7 Å². The van der Waals surface area contributed by atoms with E-state index in [1.807, 2.05) is 30.1 Å². The predicted octanol–water partition coefficient (Wildman–Crippen LogP) is 2.77. The molecule has 1 aromatic carbocycles. The standard InChI is InChI=1S/C14H19N3O2S/c1-3-4-5-13(14(18)19)17(2)9-10-6-7-11-12(8-10)16-20-15-11/h6-8,13H,3-5,9H2,1-2H3,(H,18,19). The van der Waals surface area contributed by atoms with E-state index in [0.29, 0.717) is 13.0 Å². The third-order valence-corrected chi connectivity index (χ3v) is 3.96. The molecule has 0 bridgehead atoms. The normalized spacial score (nSPS) is 12.9.